The van der Waals surface area contributed by atoms with E-state index in [-0.39, 0.29) is 0 Å². The quantitative estimate of drug-likeness (QED) is 0.660. The SMILES string of the molecule is Cn1nc(C2CCCNC2)cc1N. The van der Waals surface area contributed by atoms with Gasteiger partial charge in [0.25, 0.3) is 0 Å². The first-order valence-corrected chi connectivity index (χ1v) is 4.77. The van der Waals surface area contributed by atoms with Gasteiger partial charge in [0, 0.05) is 25.6 Å². The zero-order valence-corrected chi connectivity index (χ0v) is 7.95. The summed E-state index contributed by atoms with van der Waals surface area (Å²) in [5, 5.41) is 7.76. The summed E-state index contributed by atoms with van der Waals surface area (Å²) in [6, 6.07) is 1.98. The van der Waals surface area contributed by atoms with Crippen LogP contribution in [0, 0.1) is 0 Å². The third-order valence-corrected chi connectivity index (χ3v) is 2.65. The highest BCUT2D eigenvalue weighted by Crippen LogP contribution is 2.22. The van der Waals surface area contributed by atoms with Crippen molar-refractivity contribution in [2.24, 2.45) is 7.05 Å². The second-order valence-electron chi connectivity index (χ2n) is 3.66. The number of nitrogens with zero attached hydrogens (tertiary/aromatic N) is 2. The Hall–Kier alpha value is -1.03. The lowest BCUT2D eigenvalue weighted by Crippen LogP contribution is -2.28. The average molecular weight is 180 g/mol. The summed E-state index contributed by atoms with van der Waals surface area (Å²) >= 11 is 0. The minimum Gasteiger partial charge on any atom is -0.384 e. The summed E-state index contributed by atoms with van der Waals surface area (Å²) in [6.45, 7) is 2.18. The van der Waals surface area contributed by atoms with Gasteiger partial charge in [-0.2, -0.15) is 5.10 Å². The van der Waals surface area contributed by atoms with Gasteiger partial charge in [-0.3, -0.25) is 4.68 Å². The van der Waals surface area contributed by atoms with Crippen LogP contribution in [0.1, 0.15) is 24.5 Å². The van der Waals surface area contributed by atoms with Crippen LogP contribution in [-0.2, 0) is 7.05 Å². The Morgan fingerprint density at radius 2 is 2.54 bits per heavy atom. The molecule has 1 unspecified atom stereocenters. The van der Waals surface area contributed by atoms with Gasteiger partial charge in [-0.25, -0.2) is 0 Å². The van der Waals surface area contributed by atoms with Crippen molar-refractivity contribution in [3.05, 3.63) is 11.8 Å². The van der Waals surface area contributed by atoms with E-state index in [0.717, 1.165) is 24.6 Å². The van der Waals surface area contributed by atoms with Crippen LogP contribution in [0.25, 0.3) is 0 Å². The van der Waals surface area contributed by atoms with Crippen LogP contribution in [-0.4, -0.2) is 22.9 Å². The van der Waals surface area contributed by atoms with E-state index < -0.39 is 0 Å². The number of rotatable bonds is 1. The van der Waals surface area contributed by atoms with Crippen molar-refractivity contribution in [3.63, 3.8) is 0 Å². The largest absolute Gasteiger partial charge is 0.384 e. The van der Waals surface area contributed by atoms with Gasteiger partial charge in [-0.05, 0) is 19.4 Å². The van der Waals surface area contributed by atoms with Gasteiger partial charge in [0.05, 0.1) is 5.69 Å². The van der Waals surface area contributed by atoms with Crippen LogP contribution in [0.5, 0.6) is 0 Å². The summed E-state index contributed by atoms with van der Waals surface area (Å²) in [7, 11) is 1.88. The highest BCUT2D eigenvalue weighted by molar-refractivity contribution is 5.32. The minimum atomic E-state index is 0.553. The molecule has 1 aliphatic heterocycles. The molecule has 1 saturated heterocycles. The molecule has 1 fully saturated rings. The first-order valence-electron chi connectivity index (χ1n) is 4.77. The molecule has 0 radical (unpaired) electrons. The molecule has 3 N–H and O–H groups in total. The molecule has 13 heavy (non-hydrogen) atoms. The van der Waals surface area contributed by atoms with E-state index in [1.807, 2.05) is 13.1 Å². The van der Waals surface area contributed by atoms with Crippen molar-refractivity contribution in [2.45, 2.75) is 18.8 Å². The zero-order valence-electron chi connectivity index (χ0n) is 7.95. The highest BCUT2D eigenvalue weighted by atomic mass is 15.3. The van der Waals surface area contributed by atoms with Gasteiger partial charge in [0.1, 0.15) is 5.82 Å². The molecule has 2 rings (SSSR count). The first kappa shape index (κ1) is 8.56. The number of aryl methyl sites for hydroxylation is 1. The van der Waals surface area contributed by atoms with E-state index >= 15 is 0 Å². The Morgan fingerprint density at radius 3 is 3.08 bits per heavy atom. The van der Waals surface area contributed by atoms with Crippen LogP contribution >= 0.6 is 0 Å². The van der Waals surface area contributed by atoms with Crippen molar-refractivity contribution in [1.29, 1.82) is 0 Å². The molecule has 0 aromatic carbocycles. The molecule has 0 bridgehead atoms. The van der Waals surface area contributed by atoms with Gasteiger partial charge in [-0.15, -0.1) is 0 Å². The second-order valence-corrected chi connectivity index (χ2v) is 3.66. The third kappa shape index (κ3) is 1.67. The number of nitrogen functional groups attached to an aromatic ring is 1. The Labute approximate surface area is 78.1 Å². The molecule has 0 amide bonds. The fourth-order valence-electron chi connectivity index (χ4n) is 1.81. The van der Waals surface area contributed by atoms with Crippen LogP contribution in [0.2, 0.25) is 0 Å². The maximum Gasteiger partial charge on any atom is 0.121 e. The van der Waals surface area contributed by atoms with Crippen LogP contribution < -0.4 is 11.1 Å². The van der Waals surface area contributed by atoms with E-state index in [1.54, 1.807) is 4.68 Å². The number of hydrogen-bond acceptors (Lipinski definition) is 3. The molecule has 0 aliphatic carbocycles. The fourth-order valence-corrected chi connectivity index (χ4v) is 1.81. The Kier molecular flexibility index (Phi) is 2.22. The Morgan fingerprint density at radius 1 is 1.69 bits per heavy atom. The van der Waals surface area contributed by atoms with E-state index in [2.05, 4.69) is 10.4 Å². The van der Waals surface area contributed by atoms with E-state index in [9.17, 15) is 0 Å². The van der Waals surface area contributed by atoms with Crippen molar-refractivity contribution >= 4 is 5.82 Å². The lowest BCUT2D eigenvalue weighted by atomic mass is 9.96. The number of nitrogens with one attached hydrogen (secondary N) is 1. The molecule has 72 valence electrons. The van der Waals surface area contributed by atoms with Crippen molar-refractivity contribution in [3.8, 4) is 0 Å². The molecule has 1 atom stereocenters. The Balaban J connectivity index is 2.14. The summed E-state index contributed by atoms with van der Waals surface area (Å²) in [5.41, 5.74) is 6.86. The van der Waals surface area contributed by atoms with Crippen LogP contribution in [0.15, 0.2) is 6.07 Å². The summed E-state index contributed by atoms with van der Waals surface area (Å²) in [6.07, 6.45) is 2.46. The summed E-state index contributed by atoms with van der Waals surface area (Å²) < 4.78 is 1.74. The maximum atomic E-state index is 5.73. The number of hydrogen-bond donors (Lipinski definition) is 2. The van der Waals surface area contributed by atoms with E-state index in [1.165, 1.54) is 12.8 Å². The molecule has 0 spiro atoms. The molecular weight excluding hydrogens is 164 g/mol. The number of aromatic nitrogens is 2. The number of nitrogens with two attached hydrogens (primary N) is 1. The summed E-state index contributed by atoms with van der Waals surface area (Å²) in [5.74, 6) is 1.30. The van der Waals surface area contributed by atoms with Gasteiger partial charge in [0.2, 0.25) is 0 Å². The predicted molar refractivity (Wildman–Crippen MR) is 52.5 cm³/mol. The van der Waals surface area contributed by atoms with E-state index in [4.69, 9.17) is 5.73 Å². The van der Waals surface area contributed by atoms with E-state index in [0.29, 0.717) is 5.92 Å². The zero-order chi connectivity index (χ0) is 9.26. The third-order valence-electron chi connectivity index (χ3n) is 2.65. The summed E-state index contributed by atoms with van der Waals surface area (Å²) in [4.78, 5) is 0. The maximum absolute atomic E-state index is 5.73. The first-order chi connectivity index (χ1) is 6.27. The number of piperidine rings is 1. The van der Waals surface area contributed by atoms with Gasteiger partial charge >= 0.3 is 0 Å². The van der Waals surface area contributed by atoms with Crippen molar-refractivity contribution in [1.82, 2.24) is 15.1 Å². The molecule has 1 aliphatic rings. The highest BCUT2D eigenvalue weighted by Gasteiger charge is 2.18. The molecule has 0 saturated carbocycles. The van der Waals surface area contributed by atoms with Crippen LogP contribution in [0.3, 0.4) is 0 Å². The number of anilines is 1. The molecule has 1 aromatic heterocycles. The molecule has 4 nitrogen and oxygen atoms in total. The van der Waals surface area contributed by atoms with Crippen molar-refractivity contribution < 1.29 is 0 Å². The standard InChI is InChI=1S/C9H16N4/c1-13-9(10)5-8(12-13)7-3-2-4-11-6-7/h5,7,11H,2-4,6,10H2,1H3. The second kappa shape index (κ2) is 3.38. The van der Waals surface area contributed by atoms with Gasteiger partial charge in [-0.1, -0.05) is 0 Å². The topological polar surface area (TPSA) is 55.9 Å². The average Bonchev–Trinajstić information content (AvgIpc) is 2.49. The van der Waals surface area contributed by atoms with Crippen LogP contribution in [0.4, 0.5) is 5.82 Å². The van der Waals surface area contributed by atoms with Gasteiger partial charge in [0.15, 0.2) is 0 Å². The van der Waals surface area contributed by atoms with Gasteiger partial charge < -0.3 is 11.1 Å². The fraction of sp³-hybridized carbons (Fsp3) is 0.667. The molecule has 4 heteroatoms. The normalized spacial score (nSPS) is 23.3. The predicted octanol–water partition coefficient (Wildman–Crippen LogP) is 0.469. The molecular formula is C9H16N4. The van der Waals surface area contributed by atoms with Crippen molar-refractivity contribution in [2.75, 3.05) is 18.8 Å². The monoisotopic (exact) mass is 180 g/mol. The lowest BCUT2D eigenvalue weighted by molar-refractivity contribution is 0.451. The smallest absolute Gasteiger partial charge is 0.121 e. The molecule has 1 aromatic rings. The lowest BCUT2D eigenvalue weighted by Gasteiger charge is -2.20. The minimum absolute atomic E-state index is 0.553. The Bertz CT molecular complexity index is 266. The molecule has 2 heterocycles.